The molecular formula is C15H14Cl2. The highest BCUT2D eigenvalue weighted by Crippen LogP contribution is 2.21. The standard InChI is InChI=1S/C15H14Cl2/c1-2-11-4-3-5-12(6-11)7-13-8-14(16)10-15(17)9-13/h3-6,8-10H,2,7H2,1H3. The summed E-state index contributed by atoms with van der Waals surface area (Å²) in [6.45, 7) is 2.16. The zero-order valence-electron chi connectivity index (χ0n) is 9.71. The Labute approximate surface area is 112 Å². The van der Waals surface area contributed by atoms with Gasteiger partial charge in [0.2, 0.25) is 0 Å². The molecule has 0 aromatic heterocycles. The van der Waals surface area contributed by atoms with Gasteiger partial charge >= 0.3 is 0 Å². The quantitative estimate of drug-likeness (QED) is 0.720. The van der Waals surface area contributed by atoms with Crippen LogP contribution in [0.5, 0.6) is 0 Å². The van der Waals surface area contributed by atoms with Crippen molar-refractivity contribution in [2.24, 2.45) is 0 Å². The van der Waals surface area contributed by atoms with Crippen LogP contribution in [0.4, 0.5) is 0 Å². The first-order chi connectivity index (χ1) is 8.17. The number of hydrogen-bond acceptors (Lipinski definition) is 0. The zero-order chi connectivity index (χ0) is 12.3. The third-order valence-corrected chi connectivity index (χ3v) is 3.17. The topological polar surface area (TPSA) is 0 Å². The first-order valence-corrected chi connectivity index (χ1v) is 6.46. The molecule has 0 fully saturated rings. The summed E-state index contributed by atoms with van der Waals surface area (Å²) in [6.07, 6.45) is 1.93. The summed E-state index contributed by atoms with van der Waals surface area (Å²) in [6, 6.07) is 14.3. The molecular weight excluding hydrogens is 251 g/mol. The van der Waals surface area contributed by atoms with Crippen molar-refractivity contribution >= 4 is 23.2 Å². The molecule has 0 radical (unpaired) electrons. The van der Waals surface area contributed by atoms with Gasteiger partial charge < -0.3 is 0 Å². The molecule has 0 aliphatic carbocycles. The summed E-state index contributed by atoms with van der Waals surface area (Å²) in [5, 5.41) is 1.39. The fraction of sp³-hybridized carbons (Fsp3) is 0.200. The molecule has 2 aromatic carbocycles. The molecule has 2 heteroatoms. The van der Waals surface area contributed by atoms with Crippen LogP contribution in [0.15, 0.2) is 42.5 Å². The predicted molar refractivity (Wildman–Crippen MR) is 75.1 cm³/mol. The number of rotatable bonds is 3. The van der Waals surface area contributed by atoms with Gasteiger partial charge in [0.15, 0.2) is 0 Å². The van der Waals surface area contributed by atoms with E-state index in [9.17, 15) is 0 Å². The van der Waals surface area contributed by atoms with Crippen molar-refractivity contribution in [3.63, 3.8) is 0 Å². The Morgan fingerprint density at radius 2 is 1.47 bits per heavy atom. The van der Waals surface area contributed by atoms with Gasteiger partial charge in [0.1, 0.15) is 0 Å². The third-order valence-electron chi connectivity index (χ3n) is 2.73. The van der Waals surface area contributed by atoms with E-state index >= 15 is 0 Å². The number of hydrogen-bond donors (Lipinski definition) is 0. The maximum absolute atomic E-state index is 5.99. The van der Waals surface area contributed by atoms with Crippen LogP contribution in [0.25, 0.3) is 0 Å². The van der Waals surface area contributed by atoms with Gasteiger partial charge in [-0.15, -0.1) is 0 Å². The average molecular weight is 265 g/mol. The van der Waals surface area contributed by atoms with Crippen molar-refractivity contribution in [3.8, 4) is 0 Å². The van der Waals surface area contributed by atoms with Crippen molar-refractivity contribution in [1.82, 2.24) is 0 Å². The SMILES string of the molecule is CCc1cccc(Cc2cc(Cl)cc(Cl)c2)c1. The van der Waals surface area contributed by atoms with E-state index in [2.05, 4.69) is 31.2 Å². The van der Waals surface area contributed by atoms with E-state index in [1.165, 1.54) is 11.1 Å². The Bertz CT molecular complexity index is 498. The summed E-state index contributed by atoms with van der Waals surface area (Å²) in [5.74, 6) is 0. The molecule has 0 amide bonds. The molecule has 0 spiro atoms. The van der Waals surface area contributed by atoms with E-state index < -0.39 is 0 Å². The van der Waals surface area contributed by atoms with Gasteiger partial charge in [0.25, 0.3) is 0 Å². The second kappa shape index (κ2) is 5.57. The molecule has 0 heterocycles. The monoisotopic (exact) mass is 264 g/mol. The van der Waals surface area contributed by atoms with E-state index in [0.29, 0.717) is 10.0 Å². The van der Waals surface area contributed by atoms with Crippen LogP contribution in [0.2, 0.25) is 10.0 Å². The van der Waals surface area contributed by atoms with Crippen LogP contribution >= 0.6 is 23.2 Å². The smallest absolute Gasteiger partial charge is 0.0423 e. The number of halogens is 2. The molecule has 2 rings (SSSR count). The minimum Gasteiger partial charge on any atom is -0.0843 e. The Hall–Kier alpha value is -0.980. The van der Waals surface area contributed by atoms with Crippen molar-refractivity contribution in [2.45, 2.75) is 19.8 Å². The Kier molecular flexibility index (Phi) is 4.09. The minimum absolute atomic E-state index is 0.694. The molecule has 0 atom stereocenters. The maximum atomic E-state index is 5.99. The van der Waals surface area contributed by atoms with E-state index in [0.717, 1.165) is 18.4 Å². The van der Waals surface area contributed by atoms with Gasteiger partial charge in [-0.3, -0.25) is 0 Å². The average Bonchev–Trinajstić information content (AvgIpc) is 2.28. The third kappa shape index (κ3) is 3.49. The molecule has 0 bridgehead atoms. The normalized spacial score (nSPS) is 10.5. The van der Waals surface area contributed by atoms with E-state index in [1.54, 1.807) is 6.07 Å². The highest BCUT2D eigenvalue weighted by Gasteiger charge is 2.01. The summed E-state index contributed by atoms with van der Waals surface area (Å²) < 4.78 is 0. The van der Waals surface area contributed by atoms with E-state index in [-0.39, 0.29) is 0 Å². The lowest BCUT2D eigenvalue weighted by Gasteiger charge is -2.05. The molecule has 0 N–H and O–H groups in total. The van der Waals surface area contributed by atoms with Crippen molar-refractivity contribution < 1.29 is 0 Å². The second-order valence-electron chi connectivity index (χ2n) is 4.13. The van der Waals surface area contributed by atoms with Crippen LogP contribution in [0.3, 0.4) is 0 Å². The van der Waals surface area contributed by atoms with Crippen molar-refractivity contribution in [1.29, 1.82) is 0 Å². The van der Waals surface area contributed by atoms with Crippen LogP contribution < -0.4 is 0 Å². The fourth-order valence-corrected chi connectivity index (χ4v) is 2.48. The second-order valence-corrected chi connectivity index (χ2v) is 5.00. The van der Waals surface area contributed by atoms with E-state index in [4.69, 9.17) is 23.2 Å². The first-order valence-electron chi connectivity index (χ1n) is 5.70. The van der Waals surface area contributed by atoms with Gasteiger partial charge in [-0.05, 0) is 47.7 Å². The predicted octanol–water partition coefficient (Wildman–Crippen LogP) is 5.15. The highest BCUT2D eigenvalue weighted by molar-refractivity contribution is 6.34. The Morgan fingerprint density at radius 3 is 2.12 bits per heavy atom. The van der Waals surface area contributed by atoms with Crippen LogP contribution in [0.1, 0.15) is 23.6 Å². The highest BCUT2D eigenvalue weighted by atomic mass is 35.5. The van der Waals surface area contributed by atoms with Gasteiger partial charge in [-0.1, -0.05) is 54.4 Å². The maximum Gasteiger partial charge on any atom is 0.0423 e. The summed E-state index contributed by atoms with van der Waals surface area (Å²) in [7, 11) is 0. The van der Waals surface area contributed by atoms with Crippen LogP contribution in [0, 0.1) is 0 Å². The molecule has 0 nitrogen and oxygen atoms in total. The number of aryl methyl sites for hydroxylation is 1. The summed E-state index contributed by atoms with van der Waals surface area (Å²) in [5.41, 5.74) is 3.80. The van der Waals surface area contributed by atoms with Crippen molar-refractivity contribution in [2.75, 3.05) is 0 Å². The molecule has 0 saturated heterocycles. The molecule has 0 aliphatic rings. The van der Waals surface area contributed by atoms with Gasteiger partial charge in [-0.25, -0.2) is 0 Å². The molecule has 0 aliphatic heterocycles. The van der Waals surface area contributed by atoms with Crippen molar-refractivity contribution in [3.05, 3.63) is 69.2 Å². The largest absolute Gasteiger partial charge is 0.0843 e. The molecule has 2 aromatic rings. The fourth-order valence-electron chi connectivity index (χ4n) is 1.91. The lowest BCUT2D eigenvalue weighted by molar-refractivity contribution is 1.11. The zero-order valence-corrected chi connectivity index (χ0v) is 11.2. The van der Waals surface area contributed by atoms with Gasteiger partial charge in [0, 0.05) is 10.0 Å². The summed E-state index contributed by atoms with van der Waals surface area (Å²) in [4.78, 5) is 0. The Balaban J connectivity index is 2.24. The number of benzene rings is 2. The Morgan fingerprint density at radius 1 is 0.824 bits per heavy atom. The van der Waals surface area contributed by atoms with E-state index in [1.807, 2.05) is 12.1 Å². The van der Waals surface area contributed by atoms with Gasteiger partial charge in [-0.2, -0.15) is 0 Å². The lowest BCUT2D eigenvalue weighted by atomic mass is 10.0. The lowest BCUT2D eigenvalue weighted by Crippen LogP contribution is -1.90. The molecule has 88 valence electrons. The van der Waals surface area contributed by atoms with Crippen LogP contribution in [-0.4, -0.2) is 0 Å². The van der Waals surface area contributed by atoms with Crippen LogP contribution in [-0.2, 0) is 12.8 Å². The molecule has 17 heavy (non-hydrogen) atoms. The van der Waals surface area contributed by atoms with Gasteiger partial charge in [0.05, 0.1) is 0 Å². The molecule has 0 saturated carbocycles. The minimum atomic E-state index is 0.694. The molecule has 0 unspecified atom stereocenters. The summed E-state index contributed by atoms with van der Waals surface area (Å²) >= 11 is 12.0. The first kappa shape index (κ1) is 12.5.